The van der Waals surface area contributed by atoms with Crippen molar-refractivity contribution in [2.75, 3.05) is 0 Å². The molecule has 3 aromatic rings. The van der Waals surface area contributed by atoms with Crippen LogP contribution in [0.25, 0.3) is 10.9 Å². The van der Waals surface area contributed by atoms with Crippen LogP contribution in [0, 0.1) is 10.1 Å². The van der Waals surface area contributed by atoms with Crippen LogP contribution < -0.4 is 0 Å². The average molecular weight is 289 g/mol. The van der Waals surface area contributed by atoms with Gasteiger partial charge in [0.25, 0.3) is 5.69 Å². The Kier molecular flexibility index (Phi) is 3.08. The fraction of sp³-hybridized carbons (Fsp3) is 0.0769. The summed E-state index contributed by atoms with van der Waals surface area (Å²) in [6.45, 7) is 0.460. The molecule has 0 saturated carbocycles. The summed E-state index contributed by atoms with van der Waals surface area (Å²) in [7, 11) is 0. The van der Waals surface area contributed by atoms with Crippen LogP contribution in [0.1, 0.15) is 5.69 Å². The second-order valence-corrected chi connectivity index (χ2v) is 4.65. The summed E-state index contributed by atoms with van der Waals surface area (Å²) in [6.07, 6.45) is 3.27. The van der Waals surface area contributed by atoms with Crippen LogP contribution in [0.15, 0.2) is 42.7 Å². The van der Waals surface area contributed by atoms with Gasteiger partial charge in [0.15, 0.2) is 0 Å². The van der Waals surface area contributed by atoms with Crippen molar-refractivity contribution in [1.29, 1.82) is 0 Å². The minimum atomic E-state index is -0.471. The zero-order chi connectivity index (χ0) is 14.1. The van der Waals surface area contributed by atoms with E-state index in [2.05, 4.69) is 10.1 Å². The van der Waals surface area contributed by atoms with E-state index in [0.717, 1.165) is 5.69 Å². The normalized spacial score (nSPS) is 10.8. The summed E-state index contributed by atoms with van der Waals surface area (Å²) in [6, 6.07) is 8.40. The van der Waals surface area contributed by atoms with Gasteiger partial charge in [-0.1, -0.05) is 17.7 Å². The largest absolute Gasteiger partial charge is 0.271 e. The Bertz CT molecular complexity index is 786. The lowest BCUT2D eigenvalue weighted by atomic mass is 10.2. The molecule has 0 atom stereocenters. The number of pyridine rings is 1. The molecule has 0 aliphatic rings. The first-order valence-electron chi connectivity index (χ1n) is 5.84. The molecule has 3 rings (SSSR count). The van der Waals surface area contributed by atoms with E-state index in [0.29, 0.717) is 22.5 Å². The van der Waals surface area contributed by atoms with E-state index in [9.17, 15) is 10.1 Å². The van der Waals surface area contributed by atoms with Crippen LogP contribution in [-0.2, 0) is 6.54 Å². The van der Waals surface area contributed by atoms with E-state index in [1.807, 2.05) is 18.2 Å². The topological polar surface area (TPSA) is 73.8 Å². The zero-order valence-corrected chi connectivity index (χ0v) is 11.0. The van der Waals surface area contributed by atoms with Gasteiger partial charge >= 0.3 is 0 Å². The smallest absolute Gasteiger partial charge is 0.259 e. The van der Waals surface area contributed by atoms with Crippen molar-refractivity contribution < 1.29 is 4.92 Å². The number of benzene rings is 1. The van der Waals surface area contributed by atoms with Crippen molar-refractivity contribution in [1.82, 2.24) is 14.8 Å². The molecule has 6 nitrogen and oxygen atoms in total. The van der Waals surface area contributed by atoms with Crippen LogP contribution >= 0.6 is 11.6 Å². The first kappa shape index (κ1) is 12.6. The van der Waals surface area contributed by atoms with E-state index in [4.69, 9.17) is 11.6 Å². The summed E-state index contributed by atoms with van der Waals surface area (Å²) >= 11 is 6.13. The first-order chi connectivity index (χ1) is 9.65. The van der Waals surface area contributed by atoms with Gasteiger partial charge in [0, 0.05) is 23.7 Å². The van der Waals surface area contributed by atoms with Gasteiger partial charge in [0.1, 0.15) is 0 Å². The SMILES string of the molecule is O=[N+]([O-])c1cc(Cl)c2c(cnn2Cc2ccccn2)c1. The van der Waals surface area contributed by atoms with Crippen molar-refractivity contribution in [3.63, 3.8) is 0 Å². The van der Waals surface area contributed by atoms with Gasteiger partial charge in [-0.15, -0.1) is 0 Å². The summed E-state index contributed by atoms with van der Waals surface area (Å²) in [5.74, 6) is 0. The van der Waals surface area contributed by atoms with Crippen LogP contribution in [-0.4, -0.2) is 19.7 Å². The quantitative estimate of drug-likeness (QED) is 0.548. The molecule has 2 heterocycles. The van der Waals surface area contributed by atoms with E-state index >= 15 is 0 Å². The van der Waals surface area contributed by atoms with E-state index in [-0.39, 0.29) is 5.69 Å². The molecule has 1 aromatic carbocycles. The summed E-state index contributed by atoms with van der Waals surface area (Å²) < 4.78 is 1.68. The zero-order valence-electron chi connectivity index (χ0n) is 10.2. The predicted octanol–water partition coefficient (Wildman–Crippen LogP) is 3.04. The molecule has 0 amide bonds. The highest BCUT2D eigenvalue weighted by atomic mass is 35.5. The monoisotopic (exact) mass is 288 g/mol. The molecule has 0 fully saturated rings. The predicted molar refractivity (Wildman–Crippen MR) is 74.7 cm³/mol. The van der Waals surface area contributed by atoms with Crippen LogP contribution in [0.4, 0.5) is 5.69 Å². The third kappa shape index (κ3) is 2.21. The Morgan fingerprint density at radius 1 is 1.35 bits per heavy atom. The molecule has 0 aliphatic carbocycles. The summed E-state index contributed by atoms with van der Waals surface area (Å²) in [5, 5.41) is 16.0. The van der Waals surface area contributed by atoms with Crippen LogP contribution in [0.2, 0.25) is 5.02 Å². The third-order valence-corrected chi connectivity index (χ3v) is 3.21. The highest BCUT2D eigenvalue weighted by molar-refractivity contribution is 6.35. The Morgan fingerprint density at radius 2 is 2.20 bits per heavy atom. The number of non-ortho nitro benzene ring substituents is 1. The number of fused-ring (bicyclic) bond motifs is 1. The minimum Gasteiger partial charge on any atom is -0.259 e. The summed E-state index contributed by atoms with van der Waals surface area (Å²) in [4.78, 5) is 14.6. The maximum absolute atomic E-state index is 10.8. The van der Waals surface area contributed by atoms with Crippen molar-refractivity contribution in [2.24, 2.45) is 0 Å². The molecule has 100 valence electrons. The van der Waals surface area contributed by atoms with E-state index in [1.54, 1.807) is 17.1 Å². The van der Waals surface area contributed by atoms with Crippen LogP contribution in [0.5, 0.6) is 0 Å². The molecule has 0 bridgehead atoms. The van der Waals surface area contributed by atoms with Crippen LogP contribution in [0.3, 0.4) is 0 Å². The molecule has 2 aromatic heterocycles. The number of nitro benzene ring substituents is 1. The van der Waals surface area contributed by atoms with Gasteiger partial charge in [-0.3, -0.25) is 19.8 Å². The highest BCUT2D eigenvalue weighted by Gasteiger charge is 2.14. The molecule has 0 spiro atoms. The van der Waals surface area contributed by atoms with Crippen molar-refractivity contribution in [3.05, 3.63) is 63.6 Å². The van der Waals surface area contributed by atoms with Gasteiger partial charge < -0.3 is 0 Å². The Balaban J connectivity index is 2.07. The fourth-order valence-electron chi connectivity index (χ4n) is 2.04. The number of hydrogen-bond donors (Lipinski definition) is 0. The molecular weight excluding hydrogens is 280 g/mol. The highest BCUT2D eigenvalue weighted by Crippen LogP contribution is 2.29. The molecule has 0 unspecified atom stereocenters. The average Bonchev–Trinajstić information content (AvgIpc) is 2.83. The molecule has 20 heavy (non-hydrogen) atoms. The number of hydrogen-bond acceptors (Lipinski definition) is 4. The van der Waals surface area contributed by atoms with E-state index in [1.165, 1.54) is 12.1 Å². The maximum Gasteiger partial charge on any atom is 0.271 e. The third-order valence-electron chi connectivity index (χ3n) is 2.92. The number of nitro groups is 1. The molecular formula is C13H9ClN4O2. The van der Waals surface area contributed by atoms with E-state index < -0.39 is 4.92 Å². The minimum absolute atomic E-state index is 0.0418. The number of aromatic nitrogens is 3. The first-order valence-corrected chi connectivity index (χ1v) is 6.22. The second kappa shape index (κ2) is 4.90. The van der Waals surface area contributed by atoms with Gasteiger partial charge in [-0.2, -0.15) is 5.10 Å². The molecule has 0 saturated heterocycles. The standard InChI is InChI=1S/C13H9ClN4O2/c14-12-6-11(18(19)20)5-9-7-16-17(13(9)12)8-10-3-1-2-4-15-10/h1-7H,8H2. The molecule has 0 aliphatic heterocycles. The lowest BCUT2D eigenvalue weighted by Crippen LogP contribution is -2.03. The number of nitrogens with zero attached hydrogens (tertiary/aromatic N) is 4. The van der Waals surface area contributed by atoms with Gasteiger partial charge in [-0.25, -0.2) is 0 Å². The van der Waals surface area contributed by atoms with Gasteiger partial charge in [-0.05, 0) is 12.1 Å². The Hall–Kier alpha value is -2.47. The summed E-state index contributed by atoms with van der Waals surface area (Å²) in [5.41, 5.74) is 1.47. The lowest BCUT2D eigenvalue weighted by Gasteiger charge is -2.04. The Labute approximate surface area is 118 Å². The second-order valence-electron chi connectivity index (χ2n) is 4.25. The fourth-order valence-corrected chi connectivity index (χ4v) is 2.35. The van der Waals surface area contributed by atoms with Crippen molar-refractivity contribution >= 4 is 28.2 Å². The van der Waals surface area contributed by atoms with Gasteiger partial charge in [0.2, 0.25) is 0 Å². The maximum atomic E-state index is 10.8. The number of halogens is 1. The lowest BCUT2D eigenvalue weighted by molar-refractivity contribution is -0.384. The molecule has 0 N–H and O–H groups in total. The Morgan fingerprint density at radius 3 is 2.90 bits per heavy atom. The van der Waals surface area contributed by atoms with Crippen molar-refractivity contribution in [3.8, 4) is 0 Å². The van der Waals surface area contributed by atoms with Gasteiger partial charge in [0.05, 0.1) is 33.9 Å². The number of rotatable bonds is 3. The molecule has 0 radical (unpaired) electrons. The molecule has 7 heteroatoms. The van der Waals surface area contributed by atoms with Crippen molar-refractivity contribution in [2.45, 2.75) is 6.54 Å².